The zero-order chi connectivity index (χ0) is 24.0. The smallest absolute Gasteiger partial charge is 0.261 e. The average molecular weight is 477 g/mol. The highest BCUT2D eigenvalue weighted by atomic mass is 32.2. The molecule has 174 valence electrons. The van der Waals surface area contributed by atoms with Gasteiger partial charge in [0.1, 0.15) is 12.4 Å². The number of carbonyl (C=O) groups excluding carboxylic acids is 1. The molecule has 0 saturated carbocycles. The Morgan fingerprint density at radius 3 is 2.41 bits per heavy atom. The van der Waals surface area contributed by atoms with Crippen LogP contribution in [-0.2, 0) is 27.9 Å². The first-order valence-electron chi connectivity index (χ1n) is 10.6. The molecule has 0 atom stereocenters. The molecule has 8 nitrogen and oxygen atoms in total. The summed E-state index contributed by atoms with van der Waals surface area (Å²) in [4.78, 5) is 15.3. The number of benzene rings is 2. The quantitative estimate of drug-likeness (QED) is 0.347. The molecule has 0 N–H and O–H groups in total. The SMILES string of the molecule is CC(=O)COc1cccc(CN(Cc2ccc(-n3cccn3)cc2)S(=O)(=O)c2ccccn2)c1. The number of Topliss-reactive ketones (excluding diaryl/α,β-unsaturated/α-hetero) is 1. The Morgan fingerprint density at radius 1 is 0.941 bits per heavy atom. The number of aromatic nitrogens is 3. The van der Waals surface area contributed by atoms with Crippen LogP contribution >= 0.6 is 0 Å². The van der Waals surface area contributed by atoms with Crippen molar-refractivity contribution in [2.24, 2.45) is 0 Å². The third kappa shape index (κ3) is 5.75. The molecule has 0 unspecified atom stereocenters. The fraction of sp³-hybridized carbons (Fsp3) is 0.160. The Kier molecular flexibility index (Phi) is 7.15. The molecule has 0 fully saturated rings. The molecule has 0 aliphatic heterocycles. The van der Waals surface area contributed by atoms with Gasteiger partial charge in [0.05, 0.1) is 5.69 Å². The summed E-state index contributed by atoms with van der Waals surface area (Å²) in [6.45, 7) is 1.67. The Labute approximate surface area is 198 Å². The third-order valence-corrected chi connectivity index (χ3v) is 6.71. The van der Waals surface area contributed by atoms with Crippen molar-refractivity contribution in [3.8, 4) is 11.4 Å². The Hall–Kier alpha value is -3.82. The summed E-state index contributed by atoms with van der Waals surface area (Å²) in [6.07, 6.45) is 5.00. The molecule has 2 aromatic carbocycles. The number of rotatable bonds is 10. The van der Waals surface area contributed by atoms with Crippen molar-refractivity contribution in [1.82, 2.24) is 19.1 Å². The number of pyridine rings is 1. The molecule has 0 bridgehead atoms. The molecule has 4 aromatic rings. The minimum atomic E-state index is -3.88. The highest BCUT2D eigenvalue weighted by molar-refractivity contribution is 7.89. The average Bonchev–Trinajstić information content (AvgIpc) is 3.39. The van der Waals surface area contributed by atoms with Crippen LogP contribution in [-0.4, -0.2) is 39.9 Å². The van der Waals surface area contributed by atoms with Crippen molar-refractivity contribution in [1.29, 1.82) is 0 Å². The van der Waals surface area contributed by atoms with Crippen molar-refractivity contribution >= 4 is 15.8 Å². The maximum Gasteiger partial charge on any atom is 0.261 e. The summed E-state index contributed by atoms with van der Waals surface area (Å²) in [5.41, 5.74) is 2.43. The highest BCUT2D eigenvalue weighted by Gasteiger charge is 2.26. The van der Waals surface area contributed by atoms with Crippen molar-refractivity contribution in [2.75, 3.05) is 6.61 Å². The maximum atomic E-state index is 13.5. The van der Waals surface area contributed by atoms with E-state index in [9.17, 15) is 13.2 Å². The minimum absolute atomic E-state index is 0.0212. The van der Waals surface area contributed by atoms with Crippen LogP contribution in [0.15, 0.2) is 96.4 Å². The second kappa shape index (κ2) is 10.4. The molecule has 4 rings (SSSR count). The van der Waals surface area contributed by atoms with E-state index in [-0.39, 0.29) is 30.5 Å². The largest absolute Gasteiger partial charge is 0.486 e. The van der Waals surface area contributed by atoms with Gasteiger partial charge in [0, 0.05) is 31.7 Å². The van der Waals surface area contributed by atoms with E-state index >= 15 is 0 Å². The van der Waals surface area contributed by atoms with Crippen LogP contribution in [0.25, 0.3) is 5.69 Å². The van der Waals surface area contributed by atoms with Gasteiger partial charge >= 0.3 is 0 Å². The topological polar surface area (TPSA) is 94.4 Å². The van der Waals surface area contributed by atoms with Crippen LogP contribution in [0.5, 0.6) is 5.75 Å². The van der Waals surface area contributed by atoms with Crippen molar-refractivity contribution in [3.63, 3.8) is 0 Å². The number of nitrogens with zero attached hydrogens (tertiary/aromatic N) is 4. The van der Waals surface area contributed by atoms with E-state index in [1.807, 2.05) is 42.6 Å². The van der Waals surface area contributed by atoms with Crippen LogP contribution in [0.3, 0.4) is 0 Å². The molecule has 34 heavy (non-hydrogen) atoms. The van der Waals surface area contributed by atoms with E-state index in [1.54, 1.807) is 41.2 Å². The van der Waals surface area contributed by atoms with Crippen molar-refractivity contribution in [3.05, 3.63) is 103 Å². The zero-order valence-corrected chi connectivity index (χ0v) is 19.4. The van der Waals surface area contributed by atoms with Crippen molar-refractivity contribution in [2.45, 2.75) is 25.0 Å². The zero-order valence-electron chi connectivity index (χ0n) is 18.6. The highest BCUT2D eigenvalue weighted by Crippen LogP contribution is 2.22. The molecular weight excluding hydrogens is 452 g/mol. The summed E-state index contributed by atoms with van der Waals surface area (Å²) in [5.74, 6) is 0.412. The molecule has 2 heterocycles. The van der Waals surface area contributed by atoms with Gasteiger partial charge in [-0.15, -0.1) is 0 Å². The molecule has 0 spiro atoms. The van der Waals surface area contributed by atoms with Crippen molar-refractivity contribution < 1.29 is 17.9 Å². The van der Waals surface area contributed by atoms with Crippen LogP contribution in [0.4, 0.5) is 0 Å². The van der Waals surface area contributed by atoms with E-state index in [2.05, 4.69) is 10.1 Å². The summed E-state index contributed by atoms with van der Waals surface area (Å²) in [6, 6.07) is 21.3. The van der Waals surface area contributed by atoms with Crippen LogP contribution < -0.4 is 4.74 Å². The molecule has 0 aliphatic rings. The summed E-state index contributed by atoms with van der Waals surface area (Å²) in [5, 5.41) is 4.19. The van der Waals surface area contributed by atoms with Gasteiger partial charge in [0.25, 0.3) is 10.0 Å². The van der Waals surface area contributed by atoms with E-state index in [4.69, 9.17) is 4.74 Å². The lowest BCUT2D eigenvalue weighted by Crippen LogP contribution is -2.31. The lowest BCUT2D eigenvalue weighted by Gasteiger charge is -2.22. The van der Waals surface area contributed by atoms with Crippen LogP contribution in [0.2, 0.25) is 0 Å². The molecule has 0 amide bonds. The monoisotopic (exact) mass is 476 g/mol. The Morgan fingerprint density at radius 2 is 1.74 bits per heavy atom. The molecule has 0 saturated heterocycles. The summed E-state index contributed by atoms with van der Waals surface area (Å²) >= 11 is 0. The third-order valence-electron chi connectivity index (χ3n) is 5.01. The number of carbonyl (C=O) groups is 1. The van der Waals surface area contributed by atoms with Gasteiger partial charge in [-0.25, -0.2) is 18.1 Å². The Balaban J connectivity index is 1.61. The molecule has 2 aromatic heterocycles. The maximum absolute atomic E-state index is 13.5. The molecular formula is C25H24N4O4S. The van der Waals surface area contributed by atoms with Crippen LogP contribution in [0, 0.1) is 0 Å². The first kappa shape index (κ1) is 23.3. The minimum Gasteiger partial charge on any atom is -0.486 e. The number of ketones is 1. The van der Waals surface area contributed by atoms with Gasteiger partial charge in [-0.05, 0) is 60.5 Å². The first-order valence-corrected chi connectivity index (χ1v) is 12.1. The number of hydrogen-bond acceptors (Lipinski definition) is 6. The van der Waals surface area contributed by atoms with E-state index in [0.717, 1.165) is 16.8 Å². The first-order chi connectivity index (χ1) is 16.4. The van der Waals surface area contributed by atoms with E-state index in [1.165, 1.54) is 23.5 Å². The van der Waals surface area contributed by atoms with Gasteiger partial charge in [0.15, 0.2) is 10.8 Å². The van der Waals surface area contributed by atoms with Gasteiger partial charge in [0.2, 0.25) is 0 Å². The number of ether oxygens (including phenoxy) is 1. The second-order valence-electron chi connectivity index (χ2n) is 7.70. The van der Waals surface area contributed by atoms with Crippen LogP contribution in [0.1, 0.15) is 18.1 Å². The summed E-state index contributed by atoms with van der Waals surface area (Å²) in [7, 11) is -3.88. The number of hydrogen-bond donors (Lipinski definition) is 0. The van der Waals surface area contributed by atoms with Gasteiger partial charge in [-0.1, -0.05) is 30.3 Å². The van der Waals surface area contributed by atoms with Gasteiger partial charge in [-0.3, -0.25) is 4.79 Å². The van der Waals surface area contributed by atoms with E-state index in [0.29, 0.717) is 5.75 Å². The summed E-state index contributed by atoms with van der Waals surface area (Å²) < 4.78 is 35.5. The van der Waals surface area contributed by atoms with Gasteiger partial charge < -0.3 is 4.74 Å². The predicted molar refractivity (Wildman–Crippen MR) is 127 cm³/mol. The molecule has 9 heteroatoms. The molecule has 0 radical (unpaired) electrons. The fourth-order valence-corrected chi connectivity index (χ4v) is 4.71. The lowest BCUT2D eigenvalue weighted by atomic mass is 10.2. The normalized spacial score (nSPS) is 11.5. The molecule has 0 aliphatic carbocycles. The Bertz CT molecular complexity index is 1340. The second-order valence-corrected chi connectivity index (χ2v) is 9.58. The number of sulfonamides is 1. The van der Waals surface area contributed by atoms with Gasteiger partial charge in [-0.2, -0.15) is 9.40 Å². The van der Waals surface area contributed by atoms with E-state index < -0.39 is 10.0 Å². The standard InChI is InChI=1S/C25H24N4O4S/c1-20(30)19-33-24-7-4-6-22(16-24)18-28(34(31,32)25-8-2-3-13-26-25)17-21-9-11-23(12-10-21)29-15-5-14-27-29/h2-16H,17-19H2,1H3. The lowest BCUT2D eigenvalue weighted by molar-refractivity contribution is -0.118. The predicted octanol–water partition coefficient (Wildman–Crippen LogP) is 3.63. The fourth-order valence-electron chi connectivity index (χ4n) is 3.36.